The molecule has 0 nitrogen and oxygen atoms in total. The van der Waals surface area contributed by atoms with Gasteiger partial charge in [-0.15, -0.1) is 0 Å². The smallest absolute Gasteiger partial charge is 1.00 e. The summed E-state index contributed by atoms with van der Waals surface area (Å²) in [6, 6.07) is 16.7. The summed E-state index contributed by atoms with van der Waals surface area (Å²) in [5.41, 5.74) is 2.62. The third-order valence-corrected chi connectivity index (χ3v) is 1.66. The molecule has 0 N–H and O–H groups in total. The van der Waals surface area contributed by atoms with Gasteiger partial charge in [0.2, 0.25) is 0 Å². The fraction of sp³-hybridized carbons (Fsp3) is 0. The predicted octanol–water partition coefficient (Wildman–Crippen LogP) is -0.0921. The first-order chi connectivity index (χ1) is 4.97. The van der Waals surface area contributed by atoms with Crippen LogP contribution in [0.1, 0.15) is 1.43 Å². The van der Waals surface area contributed by atoms with Gasteiger partial charge in [0, 0.05) is 0 Å². The molecule has 0 aliphatic heterocycles. The number of fused-ring (bicyclic) bond motifs is 1. The molecule has 0 spiro atoms. The molecule has 0 aromatic rings. The predicted molar refractivity (Wildman–Crippen MR) is 44.2 cm³/mol. The van der Waals surface area contributed by atoms with E-state index in [1.807, 2.05) is 6.07 Å². The summed E-state index contributed by atoms with van der Waals surface area (Å²) in [6.45, 7) is 0. The van der Waals surface area contributed by atoms with Crippen molar-refractivity contribution in [2.24, 2.45) is 0 Å². The monoisotopic (exact) mass is 152 g/mol. The molecule has 2 aliphatic carbocycles. The van der Waals surface area contributed by atoms with Gasteiger partial charge in [0.1, 0.15) is 0 Å². The van der Waals surface area contributed by atoms with E-state index in [0.29, 0.717) is 0 Å². The van der Waals surface area contributed by atoms with Gasteiger partial charge in [0.25, 0.3) is 0 Å². The maximum absolute atomic E-state index is 2.12. The summed E-state index contributed by atoms with van der Waals surface area (Å²) in [7, 11) is 0. The van der Waals surface area contributed by atoms with Crippen LogP contribution in [0.2, 0.25) is 0 Å². The molecular weight excluding hydrogens is 143 g/mol. The molecule has 0 atom stereocenters. The minimum absolute atomic E-state index is 0. The number of rotatable bonds is 0. The van der Waals surface area contributed by atoms with Crippen molar-refractivity contribution in [1.82, 2.24) is 0 Å². The fourth-order valence-electron chi connectivity index (χ4n) is 1.13. The van der Waals surface area contributed by atoms with Crippen LogP contribution in [-0.4, -0.2) is 0 Å². The van der Waals surface area contributed by atoms with Crippen LogP contribution >= 0.6 is 0 Å². The van der Waals surface area contributed by atoms with Crippen LogP contribution in [0.5, 0.6) is 0 Å². The van der Waals surface area contributed by atoms with Crippen molar-refractivity contribution in [3.8, 4) is 11.1 Å². The molecule has 2 rings (SSSR count). The normalized spacial score (nSPS) is 9.09. The zero-order chi connectivity index (χ0) is 6.81. The average Bonchev–Trinajstić information content (AvgIpc) is 2.28. The molecule has 11 heavy (non-hydrogen) atoms. The first-order valence-corrected chi connectivity index (χ1v) is 3.40. The van der Waals surface area contributed by atoms with E-state index in [1.165, 1.54) is 11.1 Å². The van der Waals surface area contributed by atoms with Gasteiger partial charge in [-0.1, -0.05) is 48.5 Å². The van der Waals surface area contributed by atoms with E-state index in [4.69, 9.17) is 0 Å². The Labute approximate surface area is 90.4 Å². The third-order valence-electron chi connectivity index (χ3n) is 1.66. The third kappa shape index (κ3) is 1.84. The molecule has 1 heteroatoms. The summed E-state index contributed by atoms with van der Waals surface area (Å²) in [4.78, 5) is 0. The van der Waals surface area contributed by atoms with Crippen molar-refractivity contribution in [2.45, 2.75) is 0 Å². The number of hydrogen-bond acceptors (Lipinski definition) is 0. The molecule has 0 fully saturated rings. The van der Waals surface area contributed by atoms with E-state index in [9.17, 15) is 0 Å². The average molecular weight is 152 g/mol. The van der Waals surface area contributed by atoms with Gasteiger partial charge in [0.05, 0.1) is 0 Å². The molecule has 0 saturated carbocycles. The Bertz CT molecular complexity index is 281. The number of hydrogen-bond donors (Lipinski definition) is 0. The molecule has 0 aromatic carbocycles. The minimum Gasteiger partial charge on any atom is -1.00 e. The van der Waals surface area contributed by atoms with Crippen molar-refractivity contribution in [1.29, 1.82) is 0 Å². The van der Waals surface area contributed by atoms with Crippen LogP contribution in [-0.2, 0) is 0 Å². The molecule has 0 bridgehead atoms. The summed E-state index contributed by atoms with van der Waals surface area (Å²) in [5, 5.41) is 0. The van der Waals surface area contributed by atoms with Crippen molar-refractivity contribution in [3.05, 3.63) is 48.5 Å². The van der Waals surface area contributed by atoms with Gasteiger partial charge in [-0.2, -0.15) is 0 Å². The largest absolute Gasteiger partial charge is 1.00 e. The van der Waals surface area contributed by atoms with Gasteiger partial charge in [0.15, 0.2) is 0 Å². The Hall–Kier alpha value is -0.300. The van der Waals surface area contributed by atoms with Gasteiger partial charge in [-0.05, 0) is 11.1 Å². The first kappa shape index (κ1) is 8.79. The van der Waals surface area contributed by atoms with Crippen LogP contribution in [0.4, 0.5) is 0 Å². The van der Waals surface area contributed by atoms with E-state index in [1.54, 1.807) is 0 Å². The summed E-state index contributed by atoms with van der Waals surface area (Å²) < 4.78 is 0. The van der Waals surface area contributed by atoms with Crippen LogP contribution in [0.15, 0.2) is 48.5 Å². The second kappa shape index (κ2) is 3.91. The summed E-state index contributed by atoms with van der Waals surface area (Å²) >= 11 is 0. The Kier molecular flexibility index (Phi) is 3.13. The standard InChI is InChI=1S/C10H8.Na.H/c1-2-5-9-7-4-8-10(9)6-3-1;;/h1-8H;;/q;+1;-1. The van der Waals surface area contributed by atoms with Gasteiger partial charge in [-0.3, -0.25) is 0 Å². The Morgan fingerprint density at radius 1 is 0.636 bits per heavy atom. The molecule has 0 amide bonds. The van der Waals surface area contributed by atoms with Crippen LogP contribution < -0.4 is 29.6 Å². The van der Waals surface area contributed by atoms with Crippen LogP contribution in [0, 0.1) is 0 Å². The second-order valence-corrected chi connectivity index (χ2v) is 2.35. The van der Waals surface area contributed by atoms with E-state index < -0.39 is 0 Å². The van der Waals surface area contributed by atoms with Crippen molar-refractivity contribution < 1.29 is 31.0 Å². The van der Waals surface area contributed by atoms with Gasteiger partial charge in [-0.25, -0.2) is 0 Å². The Morgan fingerprint density at radius 3 is 1.64 bits per heavy atom. The van der Waals surface area contributed by atoms with Crippen molar-refractivity contribution in [3.63, 3.8) is 0 Å². The SMILES string of the molecule is [H-].[Na+].c1ccc2cccc-2cc1. The molecule has 2 aliphatic rings. The molecule has 0 aromatic heterocycles. The maximum atomic E-state index is 2.12. The van der Waals surface area contributed by atoms with E-state index in [0.717, 1.165) is 0 Å². The molecule has 50 valence electrons. The van der Waals surface area contributed by atoms with Crippen LogP contribution in [0.25, 0.3) is 11.1 Å². The Morgan fingerprint density at radius 2 is 1.09 bits per heavy atom. The van der Waals surface area contributed by atoms with Crippen LogP contribution in [0.3, 0.4) is 0 Å². The zero-order valence-corrected chi connectivity index (χ0v) is 8.62. The molecule has 0 unspecified atom stereocenters. The van der Waals surface area contributed by atoms with Gasteiger partial charge >= 0.3 is 29.6 Å². The van der Waals surface area contributed by atoms with E-state index in [2.05, 4.69) is 42.5 Å². The topological polar surface area (TPSA) is 0 Å². The molecule has 0 saturated heterocycles. The summed E-state index contributed by atoms with van der Waals surface area (Å²) in [5.74, 6) is 0. The maximum Gasteiger partial charge on any atom is 1.00 e. The molecule has 0 radical (unpaired) electrons. The quantitative estimate of drug-likeness (QED) is 0.463. The van der Waals surface area contributed by atoms with E-state index >= 15 is 0 Å². The molecule has 0 heterocycles. The van der Waals surface area contributed by atoms with Crippen molar-refractivity contribution >= 4 is 0 Å². The fourth-order valence-corrected chi connectivity index (χ4v) is 1.13. The second-order valence-electron chi connectivity index (χ2n) is 2.35. The summed E-state index contributed by atoms with van der Waals surface area (Å²) in [6.07, 6.45) is 0. The zero-order valence-electron chi connectivity index (χ0n) is 7.62. The minimum atomic E-state index is 0. The van der Waals surface area contributed by atoms with Gasteiger partial charge < -0.3 is 1.43 Å². The van der Waals surface area contributed by atoms with Crippen molar-refractivity contribution in [2.75, 3.05) is 0 Å². The van der Waals surface area contributed by atoms with E-state index in [-0.39, 0.29) is 31.0 Å². The molecular formula is C10H9Na. The first-order valence-electron chi connectivity index (χ1n) is 3.40. The Balaban J connectivity index is 0.000000605.